The van der Waals surface area contributed by atoms with Gasteiger partial charge in [-0.1, -0.05) is 12.1 Å². The van der Waals surface area contributed by atoms with Gasteiger partial charge in [0, 0.05) is 30.6 Å². The molecule has 1 unspecified atom stereocenters. The second-order valence-corrected chi connectivity index (χ2v) is 7.59. The quantitative estimate of drug-likeness (QED) is 0.711. The van der Waals surface area contributed by atoms with Crippen molar-refractivity contribution in [3.63, 3.8) is 0 Å². The number of hydrogen-bond acceptors (Lipinski definition) is 4. The van der Waals surface area contributed by atoms with E-state index in [2.05, 4.69) is 45.2 Å². The van der Waals surface area contributed by atoms with E-state index >= 15 is 0 Å². The Kier molecular flexibility index (Phi) is 4.85. The minimum atomic E-state index is -0.380. The van der Waals surface area contributed by atoms with Gasteiger partial charge in [0.2, 0.25) is 0 Å². The largest absolute Gasteiger partial charge is 0.453 e. The summed E-state index contributed by atoms with van der Waals surface area (Å²) in [5.74, 6) is 0.731. The van der Waals surface area contributed by atoms with Crippen molar-refractivity contribution in [1.82, 2.24) is 20.4 Å². The van der Waals surface area contributed by atoms with Crippen LogP contribution in [0, 0.1) is 0 Å². The molecule has 1 atom stereocenters. The molecule has 6 nitrogen and oxygen atoms in total. The first-order chi connectivity index (χ1) is 12.7. The molecule has 4 rings (SSSR count). The van der Waals surface area contributed by atoms with E-state index in [1.165, 1.54) is 49.3 Å². The van der Waals surface area contributed by atoms with Gasteiger partial charge in [-0.15, -0.1) is 0 Å². The van der Waals surface area contributed by atoms with Gasteiger partial charge in [-0.3, -0.25) is 4.68 Å². The lowest BCUT2D eigenvalue weighted by molar-refractivity contribution is 0.170. The van der Waals surface area contributed by atoms with Gasteiger partial charge in [0.25, 0.3) is 0 Å². The van der Waals surface area contributed by atoms with E-state index in [0.29, 0.717) is 12.6 Å². The van der Waals surface area contributed by atoms with Crippen LogP contribution in [0.3, 0.4) is 0 Å². The third-order valence-corrected chi connectivity index (χ3v) is 5.33. The summed E-state index contributed by atoms with van der Waals surface area (Å²) in [6, 6.07) is 7.75. The lowest BCUT2D eigenvalue weighted by atomic mass is 10.1. The van der Waals surface area contributed by atoms with E-state index in [0.717, 1.165) is 24.6 Å². The summed E-state index contributed by atoms with van der Waals surface area (Å²) in [6.07, 6.45) is 5.59. The molecular formula is C20H28N4O2. The fraction of sp³-hybridized carbons (Fsp3) is 0.600. The zero-order chi connectivity index (χ0) is 18.1. The Labute approximate surface area is 154 Å². The van der Waals surface area contributed by atoms with Crippen LogP contribution in [0.1, 0.15) is 62.2 Å². The van der Waals surface area contributed by atoms with Crippen LogP contribution in [0.15, 0.2) is 18.2 Å². The first kappa shape index (κ1) is 17.3. The van der Waals surface area contributed by atoms with Crippen LogP contribution < -0.4 is 10.6 Å². The smallest absolute Gasteiger partial charge is 0.406 e. The Morgan fingerprint density at radius 3 is 2.85 bits per heavy atom. The highest BCUT2D eigenvalue weighted by atomic mass is 16.5. The molecule has 0 spiro atoms. The van der Waals surface area contributed by atoms with Crippen LogP contribution >= 0.6 is 0 Å². The molecule has 26 heavy (non-hydrogen) atoms. The molecule has 1 heterocycles. The predicted octanol–water partition coefficient (Wildman–Crippen LogP) is 3.47. The number of aryl methyl sites for hydroxylation is 1. The third-order valence-electron chi connectivity index (χ3n) is 5.33. The minimum Gasteiger partial charge on any atom is -0.453 e. The van der Waals surface area contributed by atoms with Crippen LogP contribution in [-0.2, 0) is 11.3 Å². The number of carbonyl (C=O) groups is 1. The van der Waals surface area contributed by atoms with E-state index in [1.54, 1.807) is 0 Å². The zero-order valence-corrected chi connectivity index (χ0v) is 15.6. The summed E-state index contributed by atoms with van der Waals surface area (Å²) in [7, 11) is 1.39. The van der Waals surface area contributed by atoms with Crippen molar-refractivity contribution >= 4 is 17.0 Å². The Hall–Kier alpha value is -2.08. The molecule has 2 aromatic rings. The number of nitrogens with one attached hydrogen (secondary N) is 2. The molecule has 2 fully saturated rings. The van der Waals surface area contributed by atoms with Gasteiger partial charge in [0.1, 0.15) is 0 Å². The summed E-state index contributed by atoms with van der Waals surface area (Å²) in [4.78, 5) is 11.2. The van der Waals surface area contributed by atoms with Crippen LogP contribution in [0.4, 0.5) is 4.79 Å². The number of rotatable bonds is 8. The number of benzene rings is 1. The zero-order valence-electron chi connectivity index (χ0n) is 15.6. The second kappa shape index (κ2) is 7.27. The second-order valence-electron chi connectivity index (χ2n) is 7.59. The number of hydrogen-bond donors (Lipinski definition) is 2. The highest BCUT2D eigenvalue weighted by Crippen LogP contribution is 2.41. The first-order valence-corrected chi connectivity index (χ1v) is 9.74. The van der Waals surface area contributed by atoms with E-state index in [1.807, 2.05) is 0 Å². The number of fused-ring (bicyclic) bond motifs is 1. The Bertz CT molecular complexity index is 792. The number of carbonyl (C=O) groups excluding carboxylic acids is 1. The van der Waals surface area contributed by atoms with E-state index in [9.17, 15) is 4.79 Å². The summed E-state index contributed by atoms with van der Waals surface area (Å²) >= 11 is 0. The number of aromatic nitrogens is 2. The predicted molar refractivity (Wildman–Crippen MR) is 101 cm³/mol. The van der Waals surface area contributed by atoms with E-state index < -0.39 is 0 Å². The highest BCUT2D eigenvalue weighted by Gasteiger charge is 2.27. The summed E-state index contributed by atoms with van der Waals surface area (Å²) < 4.78 is 6.73. The van der Waals surface area contributed by atoms with Gasteiger partial charge >= 0.3 is 6.09 Å². The highest BCUT2D eigenvalue weighted by molar-refractivity contribution is 5.83. The molecule has 0 radical (unpaired) electrons. The van der Waals surface area contributed by atoms with Gasteiger partial charge < -0.3 is 15.4 Å². The topological polar surface area (TPSA) is 68.2 Å². The van der Waals surface area contributed by atoms with Crippen molar-refractivity contribution in [2.24, 2.45) is 0 Å². The van der Waals surface area contributed by atoms with Gasteiger partial charge in [-0.2, -0.15) is 5.10 Å². The Morgan fingerprint density at radius 1 is 1.35 bits per heavy atom. The molecule has 140 valence electrons. The Morgan fingerprint density at radius 2 is 2.15 bits per heavy atom. The van der Waals surface area contributed by atoms with Crippen molar-refractivity contribution in [3.8, 4) is 0 Å². The van der Waals surface area contributed by atoms with Crippen molar-refractivity contribution in [2.75, 3.05) is 13.7 Å². The third kappa shape index (κ3) is 3.85. The van der Waals surface area contributed by atoms with E-state index in [-0.39, 0.29) is 12.1 Å². The van der Waals surface area contributed by atoms with Crippen molar-refractivity contribution in [3.05, 3.63) is 29.5 Å². The SMILES string of the molecule is COC(=O)NCCCn1nc(C(C)NC2CC2)c2ccc(C3CC3)cc21. The lowest BCUT2D eigenvalue weighted by Gasteiger charge is -2.10. The standard InChI is InChI=1S/C20H28N4O2/c1-13(22-16-7-8-16)19-17-9-6-15(14-4-5-14)12-18(17)24(23-19)11-3-10-21-20(25)26-2/h6,9,12-14,16,22H,3-5,7-8,10-11H2,1-2H3,(H,21,25). The number of methoxy groups -OCH3 is 1. The number of nitrogens with zero attached hydrogens (tertiary/aromatic N) is 2. The maximum absolute atomic E-state index is 11.2. The molecule has 2 aliphatic carbocycles. The maximum Gasteiger partial charge on any atom is 0.406 e. The summed E-state index contributed by atoms with van der Waals surface area (Å²) in [6.45, 7) is 3.57. The molecule has 0 saturated heterocycles. The summed E-state index contributed by atoms with van der Waals surface area (Å²) in [5.41, 5.74) is 3.78. The minimum absolute atomic E-state index is 0.256. The molecule has 2 saturated carbocycles. The van der Waals surface area contributed by atoms with Gasteiger partial charge in [-0.25, -0.2) is 4.79 Å². The van der Waals surface area contributed by atoms with Gasteiger partial charge in [-0.05, 0) is 56.6 Å². The monoisotopic (exact) mass is 356 g/mol. The molecular weight excluding hydrogens is 328 g/mol. The van der Waals surface area contributed by atoms with Gasteiger partial charge in [0.15, 0.2) is 0 Å². The molecule has 2 N–H and O–H groups in total. The van der Waals surface area contributed by atoms with Crippen LogP contribution in [0.2, 0.25) is 0 Å². The van der Waals surface area contributed by atoms with Gasteiger partial charge in [0.05, 0.1) is 18.3 Å². The Balaban J connectivity index is 1.54. The molecule has 1 aromatic heterocycles. The fourth-order valence-corrected chi connectivity index (χ4v) is 3.55. The fourth-order valence-electron chi connectivity index (χ4n) is 3.55. The summed E-state index contributed by atoms with van der Waals surface area (Å²) in [5, 5.41) is 12.6. The van der Waals surface area contributed by atoms with Crippen molar-refractivity contribution in [2.45, 2.75) is 63.6 Å². The van der Waals surface area contributed by atoms with Crippen LogP contribution in [0.5, 0.6) is 0 Å². The van der Waals surface area contributed by atoms with Crippen LogP contribution in [0.25, 0.3) is 10.9 Å². The van der Waals surface area contributed by atoms with Crippen molar-refractivity contribution < 1.29 is 9.53 Å². The average Bonchev–Trinajstić information content (AvgIpc) is 3.57. The lowest BCUT2D eigenvalue weighted by Crippen LogP contribution is -2.25. The molecule has 0 bridgehead atoms. The maximum atomic E-state index is 11.2. The average molecular weight is 356 g/mol. The molecule has 1 amide bonds. The molecule has 1 aromatic carbocycles. The normalized spacial score (nSPS) is 18.1. The first-order valence-electron chi connectivity index (χ1n) is 9.74. The van der Waals surface area contributed by atoms with Crippen LogP contribution in [-0.4, -0.2) is 35.6 Å². The molecule has 2 aliphatic rings. The van der Waals surface area contributed by atoms with E-state index in [4.69, 9.17) is 5.10 Å². The molecule has 6 heteroatoms. The number of ether oxygens (including phenoxy) is 1. The number of alkyl carbamates (subject to hydrolysis) is 1. The van der Waals surface area contributed by atoms with Crippen molar-refractivity contribution in [1.29, 1.82) is 0 Å². The molecule has 0 aliphatic heterocycles. The number of amides is 1.